The van der Waals surface area contributed by atoms with Gasteiger partial charge in [0.25, 0.3) is 5.91 Å². The smallest absolute Gasteiger partial charge is 0.289 e. The van der Waals surface area contributed by atoms with Crippen LogP contribution in [0.5, 0.6) is 0 Å². The summed E-state index contributed by atoms with van der Waals surface area (Å²) in [4.78, 5) is 22.7. The van der Waals surface area contributed by atoms with Crippen molar-refractivity contribution in [2.75, 3.05) is 0 Å². The Kier molecular flexibility index (Phi) is 6.97. The van der Waals surface area contributed by atoms with Crippen LogP contribution >= 0.6 is 0 Å². The van der Waals surface area contributed by atoms with E-state index in [4.69, 9.17) is 5.73 Å². The summed E-state index contributed by atoms with van der Waals surface area (Å²) >= 11 is 0. The van der Waals surface area contributed by atoms with E-state index >= 15 is 0 Å². The summed E-state index contributed by atoms with van der Waals surface area (Å²) in [6.45, 7) is 7.63. The second-order valence-corrected chi connectivity index (χ2v) is 4.28. The molecule has 1 saturated carbocycles. The predicted molar refractivity (Wildman–Crippen MR) is 65.0 cm³/mol. The van der Waals surface area contributed by atoms with E-state index in [2.05, 4.69) is 5.32 Å². The molecule has 3 N–H and O–H groups in total. The molecule has 1 aliphatic rings. The summed E-state index contributed by atoms with van der Waals surface area (Å²) in [6, 6.07) is -0.624. The Balaban J connectivity index is 0.00000106. The zero-order valence-electron chi connectivity index (χ0n) is 10.7. The highest BCUT2D eigenvalue weighted by atomic mass is 16.2. The minimum atomic E-state index is -0.610. The van der Waals surface area contributed by atoms with E-state index in [1.807, 2.05) is 27.7 Å². The van der Waals surface area contributed by atoms with E-state index in [1.54, 1.807) is 0 Å². The lowest BCUT2D eigenvalue weighted by molar-refractivity contribution is -0.139. The quantitative estimate of drug-likeness (QED) is 0.695. The topological polar surface area (TPSA) is 72.2 Å². The van der Waals surface area contributed by atoms with Gasteiger partial charge in [-0.3, -0.25) is 9.59 Å². The lowest BCUT2D eigenvalue weighted by Gasteiger charge is -2.11. The Morgan fingerprint density at radius 3 is 2.19 bits per heavy atom. The first-order chi connectivity index (χ1) is 7.50. The molecule has 16 heavy (non-hydrogen) atoms. The van der Waals surface area contributed by atoms with Crippen molar-refractivity contribution in [1.29, 1.82) is 0 Å². The molecule has 1 rings (SSSR count). The van der Waals surface area contributed by atoms with Gasteiger partial charge in [-0.1, -0.05) is 26.7 Å². The molecule has 0 saturated heterocycles. The lowest BCUT2D eigenvalue weighted by atomic mass is 10.1. The number of hydrogen-bond acceptors (Lipinski definition) is 3. The van der Waals surface area contributed by atoms with Crippen LogP contribution in [0.1, 0.15) is 47.0 Å². The molecule has 4 nitrogen and oxygen atoms in total. The SMILES string of the molecule is CC.CC(C)NC(=O)C(=O)C(N)CC1CC1. The number of hydrogen-bond donors (Lipinski definition) is 2. The second kappa shape index (κ2) is 7.39. The number of nitrogens with two attached hydrogens (primary N) is 1. The van der Waals surface area contributed by atoms with Gasteiger partial charge in [-0.05, 0) is 26.2 Å². The van der Waals surface area contributed by atoms with Crippen molar-refractivity contribution in [2.45, 2.75) is 59.0 Å². The first-order valence-electron chi connectivity index (χ1n) is 6.11. The van der Waals surface area contributed by atoms with E-state index in [1.165, 1.54) is 0 Å². The third kappa shape index (κ3) is 5.85. The Labute approximate surface area is 98.0 Å². The molecular weight excluding hydrogens is 204 g/mol. The Morgan fingerprint density at radius 1 is 1.31 bits per heavy atom. The van der Waals surface area contributed by atoms with E-state index in [0.29, 0.717) is 12.3 Å². The number of ketones is 1. The first-order valence-corrected chi connectivity index (χ1v) is 6.11. The normalized spacial score (nSPS) is 16.1. The lowest BCUT2D eigenvalue weighted by Crippen LogP contribution is -2.44. The van der Waals surface area contributed by atoms with E-state index < -0.39 is 17.7 Å². The van der Waals surface area contributed by atoms with Crippen molar-refractivity contribution >= 4 is 11.7 Å². The van der Waals surface area contributed by atoms with Gasteiger partial charge in [-0.15, -0.1) is 0 Å². The van der Waals surface area contributed by atoms with Gasteiger partial charge in [0, 0.05) is 6.04 Å². The predicted octanol–water partition coefficient (Wildman–Crippen LogP) is 1.23. The average molecular weight is 228 g/mol. The van der Waals surface area contributed by atoms with Gasteiger partial charge in [0.15, 0.2) is 0 Å². The van der Waals surface area contributed by atoms with Crippen LogP contribution in [0.3, 0.4) is 0 Å². The molecule has 1 aliphatic carbocycles. The van der Waals surface area contributed by atoms with E-state index in [0.717, 1.165) is 12.8 Å². The van der Waals surface area contributed by atoms with Gasteiger partial charge < -0.3 is 11.1 Å². The molecular formula is C12H24N2O2. The van der Waals surface area contributed by atoms with Gasteiger partial charge >= 0.3 is 0 Å². The number of nitrogens with one attached hydrogen (secondary N) is 1. The van der Waals surface area contributed by atoms with Crippen LogP contribution in [0.4, 0.5) is 0 Å². The van der Waals surface area contributed by atoms with Crippen molar-refractivity contribution in [3.8, 4) is 0 Å². The van der Waals surface area contributed by atoms with Crippen molar-refractivity contribution in [3.63, 3.8) is 0 Å². The third-order valence-electron chi connectivity index (χ3n) is 2.26. The molecule has 1 unspecified atom stereocenters. The van der Waals surface area contributed by atoms with Gasteiger partial charge in [0.2, 0.25) is 5.78 Å². The number of rotatable bonds is 5. The summed E-state index contributed by atoms with van der Waals surface area (Å²) in [7, 11) is 0. The zero-order chi connectivity index (χ0) is 12.7. The molecule has 0 heterocycles. The van der Waals surface area contributed by atoms with Crippen molar-refractivity contribution in [1.82, 2.24) is 5.32 Å². The van der Waals surface area contributed by atoms with Crippen molar-refractivity contribution in [3.05, 3.63) is 0 Å². The summed E-state index contributed by atoms with van der Waals surface area (Å²) in [5.41, 5.74) is 5.62. The molecule has 94 valence electrons. The third-order valence-corrected chi connectivity index (χ3v) is 2.26. The molecule has 1 atom stereocenters. The number of amides is 1. The summed E-state index contributed by atoms with van der Waals surface area (Å²) < 4.78 is 0. The fourth-order valence-corrected chi connectivity index (χ4v) is 1.32. The van der Waals surface area contributed by atoms with Crippen molar-refractivity contribution < 1.29 is 9.59 Å². The fraction of sp³-hybridized carbons (Fsp3) is 0.833. The molecule has 0 aromatic carbocycles. The van der Waals surface area contributed by atoms with Crippen molar-refractivity contribution in [2.24, 2.45) is 11.7 Å². The fourth-order valence-electron chi connectivity index (χ4n) is 1.32. The van der Waals surface area contributed by atoms with Gasteiger partial charge in [-0.25, -0.2) is 0 Å². The average Bonchev–Trinajstić information content (AvgIpc) is 3.02. The molecule has 0 aliphatic heterocycles. The minimum Gasteiger partial charge on any atom is -0.347 e. The molecule has 1 amide bonds. The van der Waals surface area contributed by atoms with Crippen LogP contribution < -0.4 is 11.1 Å². The molecule has 0 bridgehead atoms. The largest absolute Gasteiger partial charge is 0.347 e. The van der Waals surface area contributed by atoms with Gasteiger partial charge in [-0.2, -0.15) is 0 Å². The minimum absolute atomic E-state index is 0.0143. The maximum Gasteiger partial charge on any atom is 0.289 e. The van der Waals surface area contributed by atoms with Crippen LogP contribution in [-0.2, 0) is 9.59 Å². The second-order valence-electron chi connectivity index (χ2n) is 4.28. The number of Topliss-reactive ketones (excluding diaryl/α,β-unsaturated/α-hetero) is 1. The van der Waals surface area contributed by atoms with Gasteiger partial charge in [0.05, 0.1) is 6.04 Å². The monoisotopic (exact) mass is 228 g/mol. The van der Waals surface area contributed by atoms with Crippen LogP contribution in [0.25, 0.3) is 0 Å². The van der Waals surface area contributed by atoms with E-state index in [-0.39, 0.29) is 6.04 Å². The van der Waals surface area contributed by atoms with Crippen LogP contribution in [-0.4, -0.2) is 23.8 Å². The molecule has 0 radical (unpaired) electrons. The van der Waals surface area contributed by atoms with Crippen LogP contribution in [0.2, 0.25) is 0 Å². The highest BCUT2D eigenvalue weighted by Gasteiger charge is 2.29. The summed E-state index contributed by atoms with van der Waals surface area (Å²) in [5.74, 6) is -0.459. The van der Waals surface area contributed by atoms with E-state index in [9.17, 15) is 9.59 Å². The molecule has 0 aromatic heterocycles. The number of carbonyl (C=O) groups excluding carboxylic acids is 2. The Bertz CT molecular complexity index is 235. The molecule has 4 heteroatoms. The highest BCUT2D eigenvalue weighted by Crippen LogP contribution is 2.33. The Hall–Kier alpha value is -0.900. The van der Waals surface area contributed by atoms with Crippen LogP contribution in [0, 0.1) is 5.92 Å². The maximum absolute atomic E-state index is 11.4. The molecule has 0 aromatic rings. The standard InChI is InChI=1S/C10H18N2O2.C2H6/c1-6(2)12-10(14)9(13)8(11)5-7-3-4-7;1-2/h6-8H,3-5,11H2,1-2H3,(H,12,14);1-2H3. The van der Waals surface area contributed by atoms with Crippen LogP contribution in [0.15, 0.2) is 0 Å². The highest BCUT2D eigenvalue weighted by molar-refractivity contribution is 6.38. The first kappa shape index (κ1) is 15.1. The zero-order valence-corrected chi connectivity index (χ0v) is 10.7. The summed E-state index contributed by atoms with van der Waals surface area (Å²) in [6.07, 6.45) is 2.95. The maximum atomic E-state index is 11.4. The molecule has 1 fully saturated rings. The number of carbonyl (C=O) groups is 2. The summed E-state index contributed by atoms with van der Waals surface area (Å²) in [5, 5.41) is 2.55. The molecule has 0 spiro atoms. The van der Waals surface area contributed by atoms with Gasteiger partial charge in [0.1, 0.15) is 0 Å². The Morgan fingerprint density at radius 2 is 1.81 bits per heavy atom.